The number of rotatable bonds is 12. The van der Waals surface area contributed by atoms with Crippen LogP contribution in [0.3, 0.4) is 0 Å². The highest BCUT2D eigenvalue weighted by Gasteiger charge is 2.14. The van der Waals surface area contributed by atoms with Gasteiger partial charge in [-0.3, -0.25) is 14.9 Å². The molecular formula is C15H21N5O5S2. The molecule has 0 spiro atoms. The molecule has 2 N–H and O–H groups in total. The molecule has 12 heteroatoms. The summed E-state index contributed by atoms with van der Waals surface area (Å²) in [5.74, 6) is 0.176. The van der Waals surface area contributed by atoms with Crippen molar-refractivity contribution < 1.29 is 19.2 Å². The molecule has 1 aromatic rings. The molecule has 27 heavy (non-hydrogen) atoms. The molecule has 0 aromatic carbocycles. The Morgan fingerprint density at radius 2 is 2.30 bits per heavy atom. The zero-order valence-electron chi connectivity index (χ0n) is 14.8. The van der Waals surface area contributed by atoms with E-state index >= 15 is 0 Å². The van der Waals surface area contributed by atoms with Crippen molar-refractivity contribution in [3.8, 4) is 0 Å². The number of aromatic nitrogens is 1. The van der Waals surface area contributed by atoms with Crippen LogP contribution in [0.2, 0.25) is 0 Å². The van der Waals surface area contributed by atoms with Crippen molar-refractivity contribution in [2.45, 2.75) is 31.2 Å². The molecule has 148 valence electrons. The van der Waals surface area contributed by atoms with Gasteiger partial charge in [0, 0.05) is 43.6 Å². The molecule has 0 bridgehead atoms. The van der Waals surface area contributed by atoms with Crippen molar-refractivity contribution in [1.29, 1.82) is 0 Å². The second-order valence-corrected chi connectivity index (χ2v) is 7.34. The Morgan fingerprint density at radius 3 is 3.04 bits per heavy atom. The highest BCUT2D eigenvalue weighted by Crippen LogP contribution is 2.35. The van der Waals surface area contributed by atoms with Crippen molar-refractivity contribution >= 4 is 45.5 Å². The van der Waals surface area contributed by atoms with Gasteiger partial charge in [-0.25, -0.2) is 15.2 Å². The van der Waals surface area contributed by atoms with Crippen molar-refractivity contribution in [3.05, 3.63) is 28.4 Å². The lowest BCUT2D eigenvalue weighted by Crippen LogP contribution is -2.26. The summed E-state index contributed by atoms with van der Waals surface area (Å²) in [6.45, 7) is 2.64. The van der Waals surface area contributed by atoms with Crippen LogP contribution in [-0.2, 0) is 9.53 Å². The van der Waals surface area contributed by atoms with E-state index < -0.39 is 11.0 Å². The molecule has 0 saturated carbocycles. The quantitative estimate of drug-likeness (QED) is 0.175. The first-order valence-corrected chi connectivity index (χ1v) is 10.5. The van der Waals surface area contributed by atoms with Crippen LogP contribution < -0.4 is 10.7 Å². The Balaban J connectivity index is 2.12. The Kier molecular flexibility index (Phi) is 11.6. The van der Waals surface area contributed by atoms with Crippen LogP contribution in [0.1, 0.15) is 26.2 Å². The number of pyridine rings is 1. The number of alkyl carbamates (subject to hydrolysis) is 1. The van der Waals surface area contributed by atoms with E-state index in [0.29, 0.717) is 30.4 Å². The Hall–Kier alpha value is -2.34. The van der Waals surface area contributed by atoms with E-state index in [-0.39, 0.29) is 18.0 Å². The predicted octanol–water partition coefficient (Wildman–Crippen LogP) is 2.75. The third kappa shape index (κ3) is 10.4. The van der Waals surface area contributed by atoms with Gasteiger partial charge in [0.1, 0.15) is 0 Å². The molecule has 0 radical (unpaired) electrons. The van der Waals surface area contributed by atoms with E-state index in [9.17, 15) is 19.7 Å². The standard InChI is InChI=1S/C15H21N5O5S2/c1-2-10-25-15(22)17-8-4-9-18-19-13(21)6-11-26-27-14-12(20(23)24)5-3-7-16-14/h3,5,7,9H,2,4,6,8,10-11H2,1H3,(H,17,22)(H,19,21)/b18-9-. The van der Waals surface area contributed by atoms with Gasteiger partial charge in [-0.15, -0.1) is 0 Å². The van der Waals surface area contributed by atoms with E-state index in [2.05, 4.69) is 20.8 Å². The second kappa shape index (κ2) is 13.8. The topological polar surface area (TPSA) is 136 Å². The number of ether oxygens (including phenoxy) is 1. The number of hydrogen-bond acceptors (Lipinski definition) is 9. The average molecular weight is 415 g/mol. The second-order valence-electron chi connectivity index (χ2n) is 4.94. The fourth-order valence-corrected chi connectivity index (χ4v) is 3.56. The minimum atomic E-state index is -0.490. The fourth-order valence-electron chi connectivity index (χ4n) is 1.54. The summed E-state index contributed by atoms with van der Waals surface area (Å²) in [5.41, 5.74) is 2.31. The number of nitrogens with one attached hydrogen (secondary N) is 2. The van der Waals surface area contributed by atoms with Gasteiger partial charge >= 0.3 is 11.8 Å². The van der Waals surface area contributed by atoms with E-state index in [4.69, 9.17) is 4.74 Å². The monoisotopic (exact) mass is 415 g/mol. The van der Waals surface area contributed by atoms with Crippen LogP contribution in [-0.4, -0.2) is 47.0 Å². The molecule has 0 atom stereocenters. The molecular weight excluding hydrogens is 394 g/mol. The van der Waals surface area contributed by atoms with Crippen LogP contribution in [0.15, 0.2) is 28.5 Å². The predicted molar refractivity (Wildman–Crippen MR) is 105 cm³/mol. The van der Waals surface area contributed by atoms with Crippen molar-refractivity contribution in [3.63, 3.8) is 0 Å². The third-order valence-electron chi connectivity index (χ3n) is 2.76. The lowest BCUT2D eigenvalue weighted by molar-refractivity contribution is -0.388. The summed E-state index contributed by atoms with van der Waals surface area (Å²) in [6.07, 6.45) is 3.91. The van der Waals surface area contributed by atoms with Gasteiger partial charge in [0.15, 0.2) is 5.03 Å². The first-order valence-electron chi connectivity index (χ1n) is 8.14. The maximum absolute atomic E-state index is 11.6. The molecule has 0 saturated heterocycles. The smallest absolute Gasteiger partial charge is 0.407 e. The van der Waals surface area contributed by atoms with Gasteiger partial charge < -0.3 is 10.1 Å². The molecule has 1 heterocycles. The number of carbonyl (C=O) groups excluding carboxylic acids is 2. The van der Waals surface area contributed by atoms with Crippen molar-refractivity contribution in [2.75, 3.05) is 18.9 Å². The highest BCUT2D eigenvalue weighted by molar-refractivity contribution is 8.76. The number of hydrogen-bond donors (Lipinski definition) is 2. The fraction of sp³-hybridized carbons (Fsp3) is 0.467. The molecule has 1 rings (SSSR count). The van der Waals surface area contributed by atoms with E-state index in [0.717, 1.165) is 17.2 Å². The molecule has 0 unspecified atom stereocenters. The number of nitro groups is 1. The highest BCUT2D eigenvalue weighted by atomic mass is 33.1. The first kappa shape index (κ1) is 22.7. The Bertz CT molecular complexity index is 659. The van der Waals surface area contributed by atoms with Crippen LogP contribution in [0.4, 0.5) is 10.5 Å². The Labute approximate surface area is 164 Å². The van der Waals surface area contributed by atoms with Crippen molar-refractivity contribution in [2.24, 2.45) is 5.10 Å². The minimum absolute atomic E-state index is 0.0590. The largest absolute Gasteiger partial charge is 0.450 e. The summed E-state index contributed by atoms with van der Waals surface area (Å²) < 4.78 is 4.83. The summed E-state index contributed by atoms with van der Waals surface area (Å²) in [6, 6.07) is 2.89. The lowest BCUT2D eigenvalue weighted by Gasteiger charge is -2.03. The Morgan fingerprint density at radius 1 is 1.48 bits per heavy atom. The summed E-state index contributed by atoms with van der Waals surface area (Å²) in [7, 11) is 2.45. The normalized spacial score (nSPS) is 10.6. The summed E-state index contributed by atoms with van der Waals surface area (Å²) in [4.78, 5) is 37.1. The third-order valence-corrected chi connectivity index (χ3v) is 5.05. The molecule has 0 aliphatic heterocycles. The van der Waals surface area contributed by atoms with Gasteiger partial charge in [-0.05, 0) is 23.3 Å². The maximum Gasteiger partial charge on any atom is 0.407 e. The van der Waals surface area contributed by atoms with E-state index in [1.165, 1.54) is 35.3 Å². The van der Waals surface area contributed by atoms with Crippen LogP contribution in [0.5, 0.6) is 0 Å². The van der Waals surface area contributed by atoms with E-state index in [1.54, 1.807) is 0 Å². The molecule has 0 aliphatic carbocycles. The number of hydrazone groups is 1. The lowest BCUT2D eigenvalue weighted by atomic mass is 10.4. The maximum atomic E-state index is 11.6. The van der Waals surface area contributed by atoms with Crippen LogP contribution >= 0.6 is 21.6 Å². The number of nitrogens with zero attached hydrogens (tertiary/aromatic N) is 3. The number of carbonyl (C=O) groups is 2. The van der Waals surface area contributed by atoms with Crippen molar-refractivity contribution in [1.82, 2.24) is 15.7 Å². The van der Waals surface area contributed by atoms with Gasteiger partial charge in [-0.1, -0.05) is 17.7 Å². The van der Waals surface area contributed by atoms with Gasteiger partial charge in [0.25, 0.3) is 0 Å². The van der Waals surface area contributed by atoms with Crippen LogP contribution in [0, 0.1) is 10.1 Å². The molecule has 0 fully saturated rings. The average Bonchev–Trinajstić information content (AvgIpc) is 2.66. The molecule has 0 aliphatic rings. The molecule has 2 amide bonds. The van der Waals surface area contributed by atoms with Gasteiger partial charge in [0.05, 0.1) is 11.5 Å². The first-order chi connectivity index (χ1) is 13.0. The zero-order valence-corrected chi connectivity index (χ0v) is 16.4. The van der Waals surface area contributed by atoms with Crippen LogP contribution in [0.25, 0.3) is 0 Å². The molecule has 10 nitrogen and oxygen atoms in total. The minimum Gasteiger partial charge on any atom is -0.450 e. The number of amides is 2. The summed E-state index contributed by atoms with van der Waals surface area (Å²) >= 11 is 0. The summed E-state index contributed by atoms with van der Waals surface area (Å²) in [5, 5.41) is 17.5. The molecule has 1 aromatic heterocycles. The van der Waals surface area contributed by atoms with Gasteiger partial charge in [0.2, 0.25) is 5.91 Å². The van der Waals surface area contributed by atoms with E-state index in [1.807, 2.05) is 6.92 Å². The van der Waals surface area contributed by atoms with Gasteiger partial charge in [-0.2, -0.15) is 5.10 Å². The zero-order chi connectivity index (χ0) is 19.9. The SMILES string of the molecule is CCCOC(=O)NCC/C=N\NC(=O)CCSSc1ncccc1[N+](=O)[O-].